The van der Waals surface area contributed by atoms with Crippen LogP contribution in [0.2, 0.25) is 0 Å². The summed E-state index contributed by atoms with van der Waals surface area (Å²) in [6, 6.07) is 0. The van der Waals surface area contributed by atoms with Gasteiger partial charge in [0.1, 0.15) is 0 Å². The summed E-state index contributed by atoms with van der Waals surface area (Å²) < 4.78 is 0. The lowest BCUT2D eigenvalue weighted by Gasteiger charge is -1.92. The highest BCUT2D eigenvalue weighted by Gasteiger charge is 2.07. The van der Waals surface area contributed by atoms with Crippen LogP contribution in [-0.4, -0.2) is 15.4 Å². The fraction of sp³-hybridized carbons (Fsp3) is 0.667. The Hall–Kier alpha value is 0.920. The van der Waals surface area contributed by atoms with Gasteiger partial charge < -0.3 is 0 Å². The lowest BCUT2D eigenvalue weighted by molar-refractivity contribution is -0.110. The predicted molar refractivity (Wildman–Crippen MR) is 37.4 cm³/mol. The normalized spacial score (nSPS) is 13.6. The van der Waals surface area contributed by atoms with Crippen molar-refractivity contribution in [2.24, 2.45) is 0 Å². The zero-order chi connectivity index (χ0) is 5.86. The van der Waals surface area contributed by atoms with Crippen LogP contribution in [0.3, 0.4) is 0 Å². The van der Waals surface area contributed by atoms with Gasteiger partial charge in [-0.15, -0.1) is 0 Å². The molecule has 0 fully saturated rings. The van der Waals surface area contributed by atoms with Gasteiger partial charge in [0.15, 0.2) is 0 Å². The third-order valence-corrected chi connectivity index (χ3v) is 3.16. The Morgan fingerprint density at radius 2 is 2.29 bits per heavy atom. The average molecular weight is 250 g/mol. The standard InChI is InChI=1S/C3H3Br2ClO/c4-1-2(5)3(6)7/h2H,1H2/t2-/m0/s1. The Morgan fingerprint density at radius 1 is 1.86 bits per heavy atom. The summed E-state index contributed by atoms with van der Waals surface area (Å²) in [6.07, 6.45) is 0. The monoisotopic (exact) mass is 248 g/mol. The van der Waals surface area contributed by atoms with Gasteiger partial charge in [-0.1, -0.05) is 31.9 Å². The first-order valence-electron chi connectivity index (χ1n) is 1.58. The first kappa shape index (κ1) is 7.92. The molecule has 0 aliphatic carbocycles. The van der Waals surface area contributed by atoms with E-state index in [0.717, 1.165) is 0 Å². The zero-order valence-corrected chi connectivity index (χ0v) is 7.25. The lowest BCUT2D eigenvalue weighted by Crippen LogP contribution is -2.07. The number of hydrogen-bond donors (Lipinski definition) is 0. The molecule has 0 heterocycles. The number of alkyl halides is 2. The molecule has 0 amide bonds. The van der Waals surface area contributed by atoms with E-state index in [4.69, 9.17) is 11.6 Å². The summed E-state index contributed by atoms with van der Waals surface area (Å²) in [6.45, 7) is 0. The van der Waals surface area contributed by atoms with Crippen LogP contribution in [0.5, 0.6) is 0 Å². The molecule has 0 unspecified atom stereocenters. The van der Waals surface area contributed by atoms with E-state index >= 15 is 0 Å². The highest BCUT2D eigenvalue weighted by atomic mass is 79.9. The van der Waals surface area contributed by atoms with Gasteiger partial charge in [-0.05, 0) is 11.6 Å². The molecule has 0 aromatic heterocycles. The number of halogens is 3. The van der Waals surface area contributed by atoms with Gasteiger partial charge in [-0.3, -0.25) is 4.79 Å². The highest BCUT2D eigenvalue weighted by Crippen LogP contribution is 2.06. The van der Waals surface area contributed by atoms with Gasteiger partial charge in [0.2, 0.25) is 5.24 Å². The molecule has 0 N–H and O–H groups in total. The van der Waals surface area contributed by atoms with Crippen LogP contribution in [0.15, 0.2) is 0 Å². The van der Waals surface area contributed by atoms with Gasteiger partial charge in [0.25, 0.3) is 0 Å². The molecule has 7 heavy (non-hydrogen) atoms. The van der Waals surface area contributed by atoms with Crippen LogP contribution < -0.4 is 0 Å². The van der Waals surface area contributed by atoms with E-state index in [1.807, 2.05) is 0 Å². The SMILES string of the molecule is O=C(Cl)[C@@H](Br)CBr. The van der Waals surface area contributed by atoms with Crippen LogP contribution in [0.1, 0.15) is 0 Å². The third-order valence-electron chi connectivity index (χ3n) is 0.382. The maximum absolute atomic E-state index is 10.1. The molecule has 0 bridgehead atoms. The zero-order valence-electron chi connectivity index (χ0n) is 3.33. The van der Waals surface area contributed by atoms with Gasteiger partial charge in [-0.25, -0.2) is 0 Å². The van der Waals surface area contributed by atoms with E-state index in [-0.39, 0.29) is 10.1 Å². The van der Waals surface area contributed by atoms with E-state index in [1.54, 1.807) is 0 Å². The average Bonchev–Trinajstić information content (AvgIpc) is 1.65. The van der Waals surface area contributed by atoms with E-state index in [2.05, 4.69) is 31.9 Å². The van der Waals surface area contributed by atoms with Crippen LogP contribution in [0.25, 0.3) is 0 Å². The Labute approximate surface area is 63.7 Å². The van der Waals surface area contributed by atoms with Crippen molar-refractivity contribution in [1.29, 1.82) is 0 Å². The summed E-state index contributed by atoms with van der Waals surface area (Å²) in [4.78, 5) is 9.82. The van der Waals surface area contributed by atoms with Gasteiger partial charge in [0.05, 0.1) is 4.83 Å². The topological polar surface area (TPSA) is 17.1 Å². The molecule has 1 atom stereocenters. The molecule has 0 aliphatic heterocycles. The summed E-state index contributed by atoms with van der Waals surface area (Å²) in [5, 5.41) is 0.201. The van der Waals surface area contributed by atoms with E-state index in [9.17, 15) is 4.79 Å². The molecule has 0 aliphatic rings. The van der Waals surface area contributed by atoms with Gasteiger partial charge >= 0.3 is 0 Å². The minimum absolute atomic E-state index is 0.242. The molecule has 0 spiro atoms. The number of hydrogen-bond acceptors (Lipinski definition) is 1. The molecule has 1 nitrogen and oxygen atoms in total. The molecule has 0 saturated heterocycles. The van der Waals surface area contributed by atoms with Crippen molar-refractivity contribution in [3.05, 3.63) is 0 Å². The van der Waals surface area contributed by atoms with Gasteiger partial charge in [-0.2, -0.15) is 0 Å². The summed E-state index contributed by atoms with van der Waals surface area (Å²) in [7, 11) is 0. The Bertz CT molecular complexity index is 75.3. The maximum Gasteiger partial charge on any atom is 0.236 e. The predicted octanol–water partition coefficient (Wildman–Crippen LogP) is 1.91. The first-order valence-corrected chi connectivity index (χ1v) is 3.99. The third kappa shape index (κ3) is 3.50. The fourth-order valence-electron chi connectivity index (χ4n) is 0.0607. The second kappa shape index (κ2) is 3.87. The Morgan fingerprint density at radius 3 is 2.29 bits per heavy atom. The minimum Gasteiger partial charge on any atom is -0.280 e. The van der Waals surface area contributed by atoms with Crippen molar-refractivity contribution < 1.29 is 4.79 Å². The summed E-state index contributed by atoms with van der Waals surface area (Å²) in [5.41, 5.74) is 0. The number of carbonyl (C=O) groups is 1. The van der Waals surface area contributed by atoms with E-state index in [0.29, 0.717) is 5.33 Å². The van der Waals surface area contributed by atoms with E-state index < -0.39 is 0 Å². The van der Waals surface area contributed by atoms with Crippen LogP contribution in [0, 0.1) is 0 Å². The Balaban J connectivity index is 3.34. The van der Waals surface area contributed by atoms with E-state index in [1.165, 1.54) is 0 Å². The van der Waals surface area contributed by atoms with Crippen molar-refractivity contribution in [1.82, 2.24) is 0 Å². The largest absolute Gasteiger partial charge is 0.280 e. The van der Waals surface area contributed by atoms with Crippen molar-refractivity contribution in [3.63, 3.8) is 0 Å². The number of rotatable bonds is 2. The summed E-state index contributed by atoms with van der Waals surface area (Å²) >= 11 is 11.1. The molecule has 0 saturated carbocycles. The molecule has 4 heteroatoms. The second-order valence-corrected chi connectivity index (χ2v) is 3.05. The smallest absolute Gasteiger partial charge is 0.236 e. The molecular weight excluding hydrogens is 247 g/mol. The van der Waals surface area contributed by atoms with Crippen molar-refractivity contribution in [3.8, 4) is 0 Å². The molecule has 42 valence electrons. The molecule has 0 rings (SSSR count). The molecule has 0 radical (unpaired) electrons. The quantitative estimate of drug-likeness (QED) is 0.540. The van der Waals surface area contributed by atoms with Crippen LogP contribution in [-0.2, 0) is 4.79 Å². The minimum atomic E-state index is -0.364. The fourth-order valence-corrected chi connectivity index (χ4v) is 0.618. The van der Waals surface area contributed by atoms with Gasteiger partial charge in [0, 0.05) is 5.33 Å². The molecular formula is C3H3Br2ClO. The van der Waals surface area contributed by atoms with Crippen molar-refractivity contribution in [2.75, 3.05) is 5.33 Å². The molecule has 0 aromatic rings. The summed E-state index contributed by atoms with van der Waals surface area (Å²) in [5.74, 6) is 0. The van der Waals surface area contributed by atoms with Crippen LogP contribution in [0.4, 0.5) is 0 Å². The van der Waals surface area contributed by atoms with Crippen LogP contribution >= 0.6 is 43.5 Å². The maximum atomic E-state index is 10.1. The van der Waals surface area contributed by atoms with Crippen molar-refractivity contribution in [2.45, 2.75) is 4.83 Å². The highest BCUT2D eigenvalue weighted by molar-refractivity contribution is 9.12. The number of carbonyl (C=O) groups excluding carboxylic acids is 1. The first-order chi connectivity index (χ1) is 3.18. The lowest BCUT2D eigenvalue weighted by atomic mass is 10.6. The van der Waals surface area contributed by atoms with Crippen molar-refractivity contribution >= 4 is 48.7 Å². The molecule has 0 aromatic carbocycles. The Kier molecular flexibility index (Phi) is 4.37. The second-order valence-electron chi connectivity index (χ2n) is 0.926.